The lowest BCUT2D eigenvalue weighted by molar-refractivity contribution is -0.384. The van der Waals surface area contributed by atoms with Crippen LogP contribution in [0, 0.1) is 10.1 Å². The number of carbonyl (C=O) groups is 1. The van der Waals surface area contributed by atoms with Gasteiger partial charge in [-0.25, -0.2) is 4.98 Å². The number of anilines is 1. The van der Waals surface area contributed by atoms with Crippen molar-refractivity contribution in [2.75, 3.05) is 37.3 Å². The highest BCUT2D eigenvalue weighted by Crippen LogP contribution is 2.32. The molecule has 1 saturated heterocycles. The van der Waals surface area contributed by atoms with Crippen LogP contribution < -0.4 is 4.90 Å². The Labute approximate surface area is 182 Å². The predicted molar refractivity (Wildman–Crippen MR) is 122 cm³/mol. The molecule has 7 nitrogen and oxygen atoms in total. The Hall–Kier alpha value is -2.91. The van der Waals surface area contributed by atoms with Gasteiger partial charge in [0.15, 0.2) is 5.13 Å². The van der Waals surface area contributed by atoms with Gasteiger partial charge >= 0.3 is 0 Å². The second-order valence-electron chi connectivity index (χ2n) is 6.82. The third-order valence-corrected chi connectivity index (χ3v) is 6.77. The zero-order valence-electron chi connectivity index (χ0n) is 16.4. The molecule has 0 atom stereocenters. The van der Waals surface area contributed by atoms with E-state index in [1.807, 2.05) is 4.90 Å². The summed E-state index contributed by atoms with van der Waals surface area (Å²) in [6.07, 6.45) is 5.28. The molecule has 1 aliphatic rings. The molecule has 0 bridgehead atoms. The fourth-order valence-corrected chi connectivity index (χ4v) is 4.82. The Kier molecular flexibility index (Phi) is 6.01. The highest BCUT2D eigenvalue weighted by molar-refractivity contribution is 7.98. The number of non-ortho nitro benzene ring substituents is 1. The van der Waals surface area contributed by atoms with Crippen molar-refractivity contribution in [1.82, 2.24) is 9.88 Å². The Bertz CT molecular complexity index is 1100. The smallest absolute Gasteiger partial charge is 0.269 e. The minimum Gasteiger partial charge on any atom is -0.345 e. The summed E-state index contributed by atoms with van der Waals surface area (Å²) >= 11 is 3.41. The van der Waals surface area contributed by atoms with E-state index < -0.39 is 4.92 Å². The van der Waals surface area contributed by atoms with Gasteiger partial charge in [-0.1, -0.05) is 11.3 Å². The summed E-state index contributed by atoms with van der Waals surface area (Å²) in [5, 5.41) is 11.7. The minimum atomic E-state index is -0.439. The number of hydrogen-bond acceptors (Lipinski definition) is 7. The first-order valence-corrected chi connectivity index (χ1v) is 11.5. The number of nitro benzene ring substituents is 1. The lowest BCUT2D eigenvalue weighted by Gasteiger charge is -2.34. The molecule has 0 aliphatic carbocycles. The molecule has 1 aliphatic heterocycles. The van der Waals surface area contributed by atoms with Crippen molar-refractivity contribution in [3.05, 3.63) is 64.2 Å². The summed E-state index contributed by atoms with van der Waals surface area (Å²) < 4.78 is 1.18. The van der Waals surface area contributed by atoms with Gasteiger partial charge < -0.3 is 9.80 Å². The van der Waals surface area contributed by atoms with Crippen molar-refractivity contribution in [3.8, 4) is 0 Å². The van der Waals surface area contributed by atoms with Crippen LogP contribution in [0.4, 0.5) is 10.8 Å². The third-order valence-electron chi connectivity index (χ3n) is 4.97. The van der Waals surface area contributed by atoms with Crippen molar-refractivity contribution in [3.63, 3.8) is 0 Å². The molecule has 2 heterocycles. The van der Waals surface area contributed by atoms with Crippen molar-refractivity contribution in [2.45, 2.75) is 4.90 Å². The van der Waals surface area contributed by atoms with E-state index in [-0.39, 0.29) is 11.6 Å². The first kappa shape index (κ1) is 20.4. The number of nitrogens with zero attached hydrogens (tertiary/aromatic N) is 4. The Morgan fingerprint density at radius 2 is 1.90 bits per heavy atom. The first-order chi connectivity index (χ1) is 14.5. The van der Waals surface area contributed by atoms with Crippen LogP contribution in [0.1, 0.15) is 5.56 Å². The molecule has 1 aromatic heterocycles. The second kappa shape index (κ2) is 8.85. The fourth-order valence-electron chi connectivity index (χ4n) is 3.25. The molecule has 1 amide bonds. The summed E-state index contributed by atoms with van der Waals surface area (Å²) in [5.74, 6) is -0.0538. The van der Waals surface area contributed by atoms with E-state index in [0.29, 0.717) is 13.1 Å². The molecular formula is C21H20N4O3S2. The van der Waals surface area contributed by atoms with E-state index in [9.17, 15) is 14.9 Å². The average Bonchev–Trinajstić information content (AvgIpc) is 3.21. The van der Waals surface area contributed by atoms with Gasteiger partial charge in [-0.2, -0.15) is 0 Å². The van der Waals surface area contributed by atoms with E-state index in [1.54, 1.807) is 41.3 Å². The Balaban J connectivity index is 1.35. The van der Waals surface area contributed by atoms with Gasteiger partial charge in [0, 0.05) is 49.3 Å². The molecule has 0 radical (unpaired) electrons. The number of thioether (sulfide) groups is 1. The van der Waals surface area contributed by atoms with Crippen LogP contribution in [-0.2, 0) is 4.79 Å². The molecule has 0 unspecified atom stereocenters. The quantitative estimate of drug-likeness (QED) is 0.255. The number of fused-ring (bicyclic) bond motifs is 1. The zero-order chi connectivity index (χ0) is 21.1. The van der Waals surface area contributed by atoms with E-state index in [1.165, 1.54) is 27.8 Å². The zero-order valence-corrected chi connectivity index (χ0v) is 18.0. The predicted octanol–water partition coefficient (Wildman–Crippen LogP) is 4.29. The van der Waals surface area contributed by atoms with Crippen LogP contribution in [0.15, 0.2) is 53.4 Å². The van der Waals surface area contributed by atoms with Crippen LogP contribution in [0.25, 0.3) is 16.3 Å². The van der Waals surface area contributed by atoms with Crippen LogP contribution in [0.3, 0.4) is 0 Å². The third kappa shape index (κ3) is 4.47. The SMILES string of the molecule is CSc1ccc2nc(N3CCN(C(=O)/C=C\c4ccc([N+](=O)[O-])cc4)CC3)sc2c1. The van der Waals surface area contributed by atoms with E-state index >= 15 is 0 Å². The molecule has 3 aromatic rings. The van der Waals surface area contributed by atoms with Crippen LogP contribution in [0.5, 0.6) is 0 Å². The van der Waals surface area contributed by atoms with Crippen molar-refractivity contribution >= 4 is 56.1 Å². The van der Waals surface area contributed by atoms with Gasteiger partial charge in [0.2, 0.25) is 5.91 Å². The largest absolute Gasteiger partial charge is 0.345 e. The number of benzene rings is 2. The van der Waals surface area contributed by atoms with E-state index in [4.69, 9.17) is 4.98 Å². The number of amides is 1. The second-order valence-corrected chi connectivity index (χ2v) is 8.71. The van der Waals surface area contributed by atoms with Gasteiger partial charge in [-0.05, 0) is 48.2 Å². The molecule has 30 heavy (non-hydrogen) atoms. The maximum absolute atomic E-state index is 12.5. The molecule has 4 rings (SSSR count). The summed E-state index contributed by atoms with van der Waals surface area (Å²) in [7, 11) is 0. The topological polar surface area (TPSA) is 79.6 Å². The van der Waals surface area contributed by atoms with Crippen LogP contribution in [0.2, 0.25) is 0 Å². The van der Waals surface area contributed by atoms with Crippen LogP contribution >= 0.6 is 23.1 Å². The van der Waals surface area contributed by atoms with Crippen molar-refractivity contribution < 1.29 is 9.72 Å². The highest BCUT2D eigenvalue weighted by atomic mass is 32.2. The lowest BCUT2D eigenvalue weighted by atomic mass is 10.2. The molecule has 0 spiro atoms. The summed E-state index contributed by atoms with van der Waals surface area (Å²) in [5.41, 5.74) is 1.80. The van der Waals surface area contributed by atoms with Gasteiger partial charge in [0.25, 0.3) is 5.69 Å². The van der Waals surface area contributed by atoms with Crippen LogP contribution in [-0.4, -0.2) is 53.1 Å². The highest BCUT2D eigenvalue weighted by Gasteiger charge is 2.22. The number of nitro groups is 1. The monoisotopic (exact) mass is 440 g/mol. The fraction of sp³-hybridized carbons (Fsp3) is 0.238. The van der Waals surface area contributed by atoms with E-state index in [0.717, 1.165) is 29.3 Å². The average molecular weight is 441 g/mol. The maximum Gasteiger partial charge on any atom is 0.269 e. The minimum absolute atomic E-state index is 0.0362. The molecule has 154 valence electrons. The molecule has 1 fully saturated rings. The van der Waals surface area contributed by atoms with E-state index in [2.05, 4.69) is 29.4 Å². The summed E-state index contributed by atoms with van der Waals surface area (Å²) in [4.78, 5) is 32.8. The number of rotatable bonds is 5. The van der Waals surface area contributed by atoms with Crippen molar-refractivity contribution in [2.24, 2.45) is 0 Å². The number of aromatic nitrogens is 1. The summed E-state index contributed by atoms with van der Waals surface area (Å²) in [6.45, 7) is 2.75. The van der Waals surface area contributed by atoms with Crippen molar-refractivity contribution in [1.29, 1.82) is 0 Å². The first-order valence-electron chi connectivity index (χ1n) is 9.44. The standard InChI is InChI=1S/C21H20N4O3S2/c1-29-17-7-8-18-19(14-17)30-21(22-18)24-12-10-23(11-13-24)20(26)9-4-15-2-5-16(6-3-15)25(27)28/h2-9,14H,10-13H2,1H3/b9-4-. The van der Waals surface area contributed by atoms with Gasteiger partial charge in [-0.3, -0.25) is 14.9 Å². The maximum atomic E-state index is 12.5. The van der Waals surface area contributed by atoms with Gasteiger partial charge in [0.05, 0.1) is 15.1 Å². The van der Waals surface area contributed by atoms with Gasteiger partial charge in [0.1, 0.15) is 0 Å². The molecule has 0 N–H and O–H groups in total. The number of piperazine rings is 1. The molecule has 0 saturated carbocycles. The lowest BCUT2D eigenvalue weighted by Crippen LogP contribution is -2.48. The summed E-state index contributed by atoms with van der Waals surface area (Å²) in [6, 6.07) is 12.5. The number of thiazole rings is 1. The molecule has 9 heteroatoms. The number of carbonyl (C=O) groups excluding carboxylic acids is 1. The number of hydrogen-bond donors (Lipinski definition) is 0. The Morgan fingerprint density at radius 1 is 1.17 bits per heavy atom. The molecular weight excluding hydrogens is 420 g/mol. The van der Waals surface area contributed by atoms with Gasteiger partial charge in [-0.15, -0.1) is 11.8 Å². The molecule has 2 aromatic carbocycles. The normalized spacial score (nSPS) is 14.6. The Morgan fingerprint density at radius 3 is 2.57 bits per heavy atom.